The Morgan fingerprint density at radius 2 is 0.532 bits per heavy atom. The Hall–Kier alpha value is -10.1. The number of benzene rings is 5. The molecule has 0 radical (unpaired) electrons. The lowest BCUT2D eigenvalue weighted by molar-refractivity contribution is -0.144. The third kappa shape index (κ3) is 28.6. The summed E-state index contributed by atoms with van der Waals surface area (Å²) in [6, 6.07) is 38.6. The molecule has 28 heteroatoms. The van der Waals surface area contributed by atoms with Gasteiger partial charge in [-0.2, -0.15) is 0 Å². The predicted molar refractivity (Wildman–Crippen MR) is 347 cm³/mol. The van der Waals surface area contributed by atoms with Crippen LogP contribution in [0.1, 0.15) is 48.6 Å². The van der Waals surface area contributed by atoms with Gasteiger partial charge in [0.2, 0.25) is 23.6 Å². The number of ether oxygens (including phenoxy) is 2. The summed E-state index contributed by atoms with van der Waals surface area (Å²) in [6.07, 6.45) is -0.563. The highest BCUT2D eigenvalue weighted by Gasteiger charge is 2.31. The van der Waals surface area contributed by atoms with E-state index >= 15 is 0 Å². The van der Waals surface area contributed by atoms with Crippen molar-refractivity contribution in [3.63, 3.8) is 0 Å². The third-order valence-electron chi connectivity index (χ3n) is 13.6. The van der Waals surface area contributed by atoms with Crippen molar-refractivity contribution < 1.29 is 62.2 Å². The molecule has 94 heavy (non-hydrogen) atoms. The molecule has 0 aliphatic heterocycles. The molecule has 0 aromatic heterocycles. The molecule has 504 valence electrons. The summed E-state index contributed by atoms with van der Waals surface area (Å²) < 4.78 is 10.1. The maximum atomic E-state index is 14.1. The Balaban J connectivity index is 1.19. The van der Waals surface area contributed by atoms with Crippen molar-refractivity contribution in [1.82, 2.24) is 78.8 Å². The average molecular weight is 1300 g/mol. The lowest BCUT2D eigenvalue weighted by Gasteiger charge is -2.27. The molecule has 10 amide bonds. The Morgan fingerprint density at radius 1 is 0.330 bits per heavy atom. The van der Waals surface area contributed by atoms with Gasteiger partial charge >= 0.3 is 12.1 Å². The van der Waals surface area contributed by atoms with Gasteiger partial charge in [0.1, 0.15) is 42.4 Å². The van der Waals surface area contributed by atoms with Crippen molar-refractivity contribution in [1.29, 1.82) is 0 Å². The molecule has 0 bridgehead atoms. The van der Waals surface area contributed by atoms with Gasteiger partial charge in [-0.25, -0.2) is 29.8 Å². The van der Waals surface area contributed by atoms with Crippen molar-refractivity contribution in [3.8, 4) is 0 Å². The Labute approximate surface area is 547 Å². The Bertz CT molecular complexity index is 3300. The molecule has 0 spiro atoms. The zero-order chi connectivity index (χ0) is 68.7. The molecule has 0 fully saturated rings. The second kappa shape index (κ2) is 38.0. The van der Waals surface area contributed by atoms with Crippen molar-refractivity contribution >= 4 is 65.2 Å². The number of esters is 1. The van der Waals surface area contributed by atoms with Gasteiger partial charge in [0.05, 0.1) is 33.3 Å². The number of methoxy groups -OCH3 is 1. The standard InChI is InChI=1S/C66H87N15O13/c1-66(2,3)94-65(92)71-54(39-49-33-23-14-24-34-49)64(91)75-80(7)43-58(85)69-52(37-47-29-19-12-20-30-47)62(89)73-78(5)41-56(83)67-50(35-45-25-15-10-16-26-45)60(87)72-77(4)40-55(82)68-51(36-46-27-17-11-18-28-46)61(88)74-79(6)42-57(84)70-53(38-48-31-21-13-22-32-48)63(90)76-81(8)44-59(86)93-9/h10-34,50-54H,35-44H2,1-9H3,(H,67,83)(H,68,82)(H,69,85)(H,70,84)(H,71,92)(H,72,87)(H,73,89)(H,74,88)(H,75,91)(H,76,90)/t50-,51-,52-,53-,54-/m0/s1. The summed E-state index contributed by atoms with van der Waals surface area (Å²) in [6.45, 7) is 3.02. The van der Waals surface area contributed by atoms with Crippen LogP contribution in [0.3, 0.4) is 0 Å². The number of alkyl carbamates (subject to hydrolysis) is 1. The van der Waals surface area contributed by atoms with Crippen LogP contribution < -0.4 is 53.7 Å². The Morgan fingerprint density at radius 3 is 0.734 bits per heavy atom. The molecule has 10 N–H and O–H groups in total. The van der Waals surface area contributed by atoms with E-state index in [0.29, 0.717) is 16.7 Å². The zero-order valence-corrected chi connectivity index (χ0v) is 54.4. The molecule has 28 nitrogen and oxygen atoms in total. The highest BCUT2D eigenvalue weighted by atomic mass is 16.6. The van der Waals surface area contributed by atoms with Crippen LogP contribution in [0.5, 0.6) is 0 Å². The number of hydrogen-bond donors (Lipinski definition) is 10. The van der Waals surface area contributed by atoms with Crippen LogP contribution >= 0.6 is 0 Å². The van der Waals surface area contributed by atoms with E-state index in [1.54, 1.807) is 166 Å². The fourth-order valence-corrected chi connectivity index (χ4v) is 9.35. The Kier molecular flexibility index (Phi) is 30.2. The molecule has 0 unspecified atom stereocenters. The number of hydrogen-bond acceptors (Lipinski definition) is 18. The number of rotatable bonds is 35. The minimum Gasteiger partial charge on any atom is -0.468 e. The number of likely N-dealkylation sites (N-methyl/N-ethyl adjacent to an activating group) is 5. The number of nitrogens with zero attached hydrogens (tertiary/aromatic N) is 5. The van der Waals surface area contributed by atoms with Crippen LogP contribution in [0.2, 0.25) is 0 Å². The predicted octanol–water partition coefficient (Wildman–Crippen LogP) is 0.0204. The van der Waals surface area contributed by atoms with E-state index < -0.39 is 127 Å². The van der Waals surface area contributed by atoms with E-state index in [1.165, 1.54) is 67.4 Å². The van der Waals surface area contributed by atoms with E-state index in [1.807, 2.05) is 6.07 Å². The summed E-state index contributed by atoms with van der Waals surface area (Å²) in [5.41, 5.74) is 15.8. The quantitative estimate of drug-likeness (QED) is 0.0189. The number of carbonyl (C=O) groups is 11. The van der Waals surface area contributed by atoms with E-state index in [0.717, 1.165) is 11.1 Å². The molecule has 0 saturated carbocycles. The number of carbonyl (C=O) groups excluding carboxylic acids is 11. The van der Waals surface area contributed by atoms with Gasteiger partial charge in [-0.1, -0.05) is 152 Å². The van der Waals surface area contributed by atoms with Crippen LogP contribution in [0.4, 0.5) is 4.79 Å². The van der Waals surface area contributed by atoms with Crippen molar-refractivity contribution in [2.45, 2.75) is 88.7 Å². The van der Waals surface area contributed by atoms with Crippen molar-refractivity contribution in [2.75, 3.05) is 75.1 Å². The first-order valence-electron chi connectivity index (χ1n) is 30.2. The largest absolute Gasteiger partial charge is 0.468 e. The molecule has 0 heterocycles. The average Bonchev–Trinajstić information content (AvgIpc) is 0.994. The van der Waals surface area contributed by atoms with Crippen LogP contribution in [0.25, 0.3) is 0 Å². The number of amides is 10. The van der Waals surface area contributed by atoms with Crippen LogP contribution in [0.15, 0.2) is 152 Å². The molecule has 0 aliphatic carbocycles. The van der Waals surface area contributed by atoms with Gasteiger partial charge in [-0.05, 0) is 48.6 Å². The first kappa shape index (κ1) is 74.6. The first-order valence-corrected chi connectivity index (χ1v) is 30.2. The van der Waals surface area contributed by atoms with Gasteiger partial charge < -0.3 is 36.1 Å². The summed E-state index contributed by atoms with van der Waals surface area (Å²) in [7, 11) is 8.38. The molecule has 5 rings (SSSR count). The molecule has 0 aliphatic rings. The van der Waals surface area contributed by atoms with E-state index in [4.69, 9.17) is 4.74 Å². The molecule has 0 saturated heterocycles. The van der Waals surface area contributed by atoms with E-state index in [9.17, 15) is 52.7 Å². The summed E-state index contributed by atoms with van der Waals surface area (Å²) >= 11 is 0. The van der Waals surface area contributed by atoms with Crippen molar-refractivity contribution in [3.05, 3.63) is 179 Å². The number of nitrogens with one attached hydrogen (secondary N) is 10. The monoisotopic (exact) mass is 1300 g/mol. The molecule has 5 aromatic rings. The van der Waals surface area contributed by atoms with Gasteiger partial charge in [0, 0.05) is 67.3 Å². The molecular formula is C66H87N15O13. The second-order valence-electron chi connectivity index (χ2n) is 23.4. The maximum absolute atomic E-state index is 14.1. The van der Waals surface area contributed by atoms with Crippen LogP contribution in [-0.2, 0) is 89.5 Å². The summed E-state index contributed by atoms with van der Waals surface area (Å²) in [5.74, 6) is -6.64. The van der Waals surface area contributed by atoms with Crippen molar-refractivity contribution in [2.24, 2.45) is 0 Å². The van der Waals surface area contributed by atoms with Gasteiger partial charge in [-0.15, -0.1) is 0 Å². The van der Waals surface area contributed by atoms with Crippen LogP contribution in [0, 0.1) is 0 Å². The molecule has 5 aromatic carbocycles. The van der Waals surface area contributed by atoms with Gasteiger partial charge in [0.25, 0.3) is 29.5 Å². The van der Waals surface area contributed by atoms with Crippen LogP contribution in [-0.4, -0.2) is 201 Å². The SMILES string of the molecule is COC(=O)CN(C)NC(=O)[C@H](Cc1ccccc1)NC(=O)CN(C)NC(=O)[C@H](Cc1ccccc1)NC(=O)CN(C)NC(=O)[C@H](Cc1ccccc1)NC(=O)CN(C)NC(=O)[C@H](Cc1ccccc1)NC(=O)CN(C)NC(=O)[C@H](Cc1ccccc1)NC(=O)OC(C)(C)C. The summed E-state index contributed by atoms with van der Waals surface area (Å²) in [4.78, 5) is 148. The highest BCUT2D eigenvalue weighted by Crippen LogP contribution is 2.12. The topological polar surface area (TPSA) is 343 Å². The summed E-state index contributed by atoms with van der Waals surface area (Å²) in [5, 5.41) is 19.4. The second-order valence-corrected chi connectivity index (χ2v) is 23.4. The fourth-order valence-electron chi connectivity index (χ4n) is 9.35. The van der Waals surface area contributed by atoms with Gasteiger partial charge in [0.15, 0.2) is 0 Å². The smallest absolute Gasteiger partial charge is 0.408 e. The van der Waals surface area contributed by atoms with Gasteiger partial charge in [-0.3, -0.25) is 75.1 Å². The normalized spacial score (nSPS) is 12.8. The lowest BCUT2D eigenvalue weighted by atomic mass is 10.1. The fraction of sp³-hybridized carbons (Fsp3) is 0.379. The minimum atomic E-state index is -1.23. The van der Waals surface area contributed by atoms with E-state index in [-0.39, 0.29) is 38.6 Å². The molecule has 5 atom stereocenters. The zero-order valence-electron chi connectivity index (χ0n) is 54.4. The maximum Gasteiger partial charge on any atom is 0.408 e. The highest BCUT2D eigenvalue weighted by molar-refractivity contribution is 5.92. The minimum absolute atomic E-state index is 0.00265. The number of hydrazine groups is 5. The lowest BCUT2D eigenvalue weighted by Crippen LogP contribution is -2.58. The third-order valence-corrected chi connectivity index (χ3v) is 13.6. The first-order chi connectivity index (χ1) is 44.7. The van der Waals surface area contributed by atoms with E-state index in [2.05, 4.69) is 58.4 Å². The molecular weight excluding hydrogens is 1210 g/mol.